The molecule has 1 aliphatic rings. The number of fused-ring (bicyclic) bond motifs is 1. The average molecular weight is 285 g/mol. The molecule has 1 N–H and O–H groups in total. The van der Waals surface area contributed by atoms with Gasteiger partial charge in [0, 0.05) is 6.42 Å². The molecule has 112 valence electrons. The van der Waals surface area contributed by atoms with E-state index >= 15 is 0 Å². The van der Waals surface area contributed by atoms with Gasteiger partial charge >= 0.3 is 0 Å². The molecular formula is C18H23NO2. The van der Waals surface area contributed by atoms with Gasteiger partial charge in [0.15, 0.2) is 0 Å². The van der Waals surface area contributed by atoms with Crippen molar-refractivity contribution in [1.29, 1.82) is 0 Å². The highest BCUT2D eigenvalue weighted by Crippen LogP contribution is 2.37. The Morgan fingerprint density at radius 1 is 1.24 bits per heavy atom. The highest BCUT2D eigenvalue weighted by molar-refractivity contribution is 5.44. The van der Waals surface area contributed by atoms with E-state index in [1.807, 2.05) is 13.0 Å². The van der Waals surface area contributed by atoms with Crippen molar-refractivity contribution < 1.29 is 9.15 Å². The number of hydrogen-bond acceptors (Lipinski definition) is 3. The number of aryl methyl sites for hydroxylation is 1. The van der Waals surface area contributed by atoms with Crippen molar-refractivity contribution in [3.63, 3.8) is 0 Å². The maximum Gasteiger partial charge on any atom is 0.125 e. The van der Waals surface area contributed by atoms with E-state index in [2.05, 4.69) is 50.4 Å². The molecule has 0 saturated carbocycles. The van der Waals surface area contributed by atoms with E-state index < -0.39 is 0 Å². The second kappa shape index (κ2) is 5.23. The molecule has 0 bridgehead atoms. The van der Waals surface area contributed by atoms with Gasteiger partial charge < -0.3 is 14.5 Å². The number of nitrogens with one attached hydrogen (secondary N) is 1. The Balaban J connectivity index is 1.95. The van der Waals surface area contributed by atoms with Crippen molar-refractivity contribution in [3.05, 3.63) is 53.0 Å². The Hall–Kier alpha value is -1.74. The first-order chi connectivity index (χ1) is 9.98. The lowest BCUT2D eigenvalue weighted by molar-refractivity contribution is 0.138. The van der Waals surface area contributed by atoms with Crippen LogP contribution in [0.4, 0.5) is 0 Å². The van der Waals surface area contributed by atoms with E-state index in [4.69, 9.17) is 9.15 Å². The first-order valence-corrected chi connectivity index (χ1v) is 7.60. The number of benzene rings is 1. The summed E-state index contributed by atoms with van der Waals surface area (Å²) in [6, 6.07) is 10.6. The van der Waals surface area contributed by atoms with Crippen LogP contribution < -0.4 is 10.1 Å². The Labute approximate surface area is 126 Å². The molecule has 21 heavy (non-hydrogen) atoms. The van der Waals surface area contributed by atoms with Gasteiger partial charge in [-0.3, -0.25) is 0 Å². The first-order valence-electron chi connectivity index (χ1n) is 7.60. The summed E-state index contributed by atoms with van der Waals surface area (Å²) in [4.78, 5) is 0. The predicted octanol–water partition coefficient (Wildman–Crippen LogP) is 4.00. The fraction of sp³-hybridized carbons (Fsp3) is 0.444. The molecule has 3 heteroatoms. The molecule has 0 amide bonds. The van der Waals surface area contributed by atoms with Gasteiger partial charge in [0.2, 0.25) is 0 Å². The highest BCUT2D eigenvalue weighted by atomic mass is 16.5. The third kappa shape index (κ3) is 2.84. The smallest absolute Gasteiger partial charge is 0.125 e. The quantitative estimate of drug-likeness (QED) is 0.922. The molecule has 1 aromatic heterocycles. The van der Waals surface area contributed by atoms with Gasteiger partial charge in [0.05, 0.1) is 6.04 Å². The van der Waals surface area contributed by atoms with E-state index in [1.165, 1.54) is 11.1 Å². The second-order valence-electron chi connectivity index (χ2n) is 6.34. The number of hydrogen-bond donors (Lipinski definition) is 1. The highest BCUT2D eigenvalue weighted by Gasteiger charge is 2.30. The van der Waals surface area contributed by atoms with Crippen molar-refractivity contribution in [1.82, 2.24) is 5.32 Å². The molecule has 1 aliphatic heterocycles. The van der Waals surface area contributed by atoms with Crippen LogP contribution in [0.5, 0.6) is 5.75 Å². The summed E-state index contributed by atoms with van der Waals surface area (Å²) in [5, 5.41) is 3.51. The lowest BCUT2D eigenvalue weighted by Gasteiger charge is -2.17. The van der Waals surface area contributed by atoms with E-state index in [9.17, 15) is 0 Å². The third-order valence-electron chi connectivity index (χ3n) is 3.87. The monoisotopic (exact) mass is 285 g/mol. The van der Waals surface area contributed by atoms with Crippen LogP contribution in [-0.4, -0.2) is 12.1 Å². The summed E-state index contributed by atoms with van der Waals surface area (Å²) < 4.78 is 11.8. The van der Waals surface area contributed by atoms with Crippen molar-refractivity contribution in [3.8, 4) is 5.75 Å². The minimum Gasteiger partial charge on any atom is -0.487 e. The van der Waals surface area contributed by atoms with E-state index in [1.54, 1.807) is 0 Å². The molecule has 0 saturated heterocycles. The Bertz CT molecular complexity index is 642. The van der Waals surface area contributed by atoms with Crippen LogP contribution in [0.15, 0.2) is 34.7 Å². The van der Waals surface area contributed by atoms with Gasteiger partial charge in [-0.2, -0.15) is 0 Å². The fourth-order valence-corrected chi connectivity index (χ4v) is 3.00. The number of ether oxygens (including phenoxy) is 1. The molecule has 3 rings (SSSR count). The summed E-state index contributed by atoms with van der Waals surface area (Å²) in [6.45, 7) is 9.24. The molecule has 0 radical (unpaired) electrons. The molecule has 0 aliphatic carbocycles. The summed E-state index contributed by atoms with van der Waals surface area (Å²) in [6.07, 6.45) is 0.951. The third-order valence-corrected chi connectivity index (χ3v) is 3.87. The maximum atomic E-state index is 5.95. The van der Waals surface area contributed by atoms with Crippen LogP contribution in [0, 0.1) is 6.92 Å². The van der Waals surface area contributed by atoms with Crippen LogP contribution in [0.1, 0.15) is 49.5 Å². The molecular weight excluding hydrogens is 262 g/mol. The molecule has 0 fully saturated rings. The topological polar surface area (TPSA) is 34.4 Å². The maximum absolute atomic E-state index is 5.95. The van der Waals surface area contributed by atoms with E-state index in [0.717, 1.165) is 30.2 Å². The van der Waals surface area contributed by atoms with E-state index in [0.29, 0.717) is 0 Å². The normalized spacial score (nSPS) is 17.3. The van der Waals surface area contributed by atoms with Crippen molar-refractivity contribution in [2.75, 3.05) is 6.54 Å². The van der Waals surface area contributed by atoms with Crippen LogP contribution in [0.25, 0.3) is 0 Å². The van der Waals surface area contributed by atoms with Crippen LogP contribution in [-0.2, 0) is 6.42 Å². The zero-order valence-corrected chi connectivity index (χ0v) is 13.2. The summed E-state index contributed by atoms with van der Waals surface area (Å²) in [7, 11) is 0. The number of rotatable bonds is 4. The van der Waals surface area contributed by atoms with Crippen LogP contribution >= 0.6 is 0 Å². The van der Waals surface area contributed by atoms with Gasteiger partial charge in [-0.05, 0) is 62.7 Å². The molecule has 0 spiro atoms. The summed E-state index contributed by atoms with van der Waals surface area (Å²) in [5.74, 6) is 2.92. The van der Waals surface area contributed by atoms with Crippen molar-refractivity contribution in [2.45, 2.75) is 45.8 Å². The molecule has 2 aromatic rings. The molecule has 1 unspecified atom stereocenters. The molecule has 1 aromatic carbocycles. The SMILES string of the molecule is CCNC(c1ccc2c(c1)CC(C)(C)O2)c1ccc(C)o1. The second-order valence-corrected chi connectivity index (χ2v) is 6.34. The Morgan fingerprint density at radius 3 is 2.71 bits per heavy atom. The van der Waals surface area contributed by atoms with Crippen molar-refractivity contribution >= 4 is 0 Å². The van der Waals surface area contributed by atoms with Crippen LogP contribution in [0.2, 0.25) is 0 Å². The minimum absolute atomic E-state index is 0.0951. The molecule has 1 atom stereocenters. The zero-order chi connectivity index (χ0) is 15.0. The Morgan fingerprint density at radius 2 is 2.05 bits per heavy atom. The predicted molar refractivity (Wildman–Crippen MR) is 83.8 cm³/mol. The lowest BCUT2D eigenvalue weighted by atomic mass is 9.97. The van der Waals surface area contributed by atoms with Gasteiger partial charge in [-0.25, -0.2) is 0 Å². The Kier molecular flexibility index (Phi) is 3.54. The first kappa shape index (κ1) is 14.2. The summed E-state index contributed by atoms with van der Waals surface area (Å²) >= 11 is 0. The largest absolute Gasteiger partial charge is 0.487 e. The molecule has 3 nitrogen and oxygen atoms in total. The van der Waals surface area contributed by atoms with Crippen molar-refractivity contribution in [2.24, 2.45) is 0 Å². The summed E-state index contributed by atoms with van der Waals surface area (Å²) in [5.41, 5.74) is 2.41. The minimum atomic E-state index is -0.101. The van der Waals surface area contributed by atoms with E-state index in [-0.39, 0.29) is 11.6 Å². The van der Waals surface area contributed by atoms with Crippen LogP contribution in [0.3, 0.4) is 0 Å². The average Bonchev–Trinajstić information content (AvgIpc) is 2.96. The van der Waals surface area contributed by atoms with Gasteiger partial charge in [0.25, 0.3) is 0 Å². The van der Waals surface area contributed by atoms with Gasteiger partial charge in [0.1, 0.15) is 22.9 Å². The molecule has 2 heterocycles. The fourth-order valence-electron chi connectivity index (χ4n) is 3.00. The lowest BCUT2D eigenvalue weighted by Crippen LogP contribution is -2.24. The number of furan rings is 1. The standard InChI is InChI=1S/C18H23NO2/c1-5-19-17(16-8-6-12(2)20-16)13-7-9-15-14(10-13)11-18(3,4)21-15/h6-10,17,19H,5,11H2,1-4H3. The van der Waals surface area contributed by atoms with Gasteiger partial charge in [-0.15, -0.1) is 0 Å². The van der Waals surface area contributed by atoms with Gasteiger partial charge in [-0.1, -0.05) is 13.0 Å². The zero-order valence-electron chi connectivity index (χ0n) is 13.2.